The Labute approximate surface area is 173 Å². The van der Waals surface area contributed by atoms with Crippen LogP contribution in [0.1, 0.15) is 27.9 Å². The number of hydrogen-bond donors (Lipinski definition) is 1. The van der Waals surface area contributed by atoms with Gasteiger partial charge in [0.25, 0.3) is 5.91 Å². The molecule has 1 saturated heterocycles. The van der Waals surface area contributed by atoms with Crippen LogP contribution in [0.3, 0.4) is 0 Å². The van der Waals surface area contributed by atoms with E-state index in [2.05, 4.69) is 17.3 Å². The number of aryl methyl sites for hydroxylation is 1. The van der Waals surface area contributed by atoms with E-state index in [0.717, 1.165) is 51.0 Å². The minimum atomic E-state index is 0. The number of piperazine rings is 1. The van der Waals surface area contributed by atoms with Gasteiger partial charge >= 0.3 is 0 Å². The highest BCUT2D eigenvalue weighted by molar-refractivity contribution is 7.20. The van der Waals surface area contributed by atoms with Crippen LogP contribution in [0.15, 0.2) is 30.3 Å². The monoisotopic (exact) mass is 424 g/mol. The Morgan fingerprint density at radius 1 is 1.41 bits per heavy atom. The normalized spacial score (nSPS) is 17.1. The quantitative estimate of drug-likeness (QED) is 0.691. The highest BCUT2D eigenvalue weighted by atomic mass is 35.5. The van der Waals surface area contributed by atoms with Crippen molar-refractivity contribution < 1.29 is 4.79 Å². The van der Waals surface area contributed by atoms with E-state index in [1.165, 1.54) is 11.3 Å². The average Bonchev–Trinajstić information content (AvgIpc) is 3.18. The summed E-state index contributed by atoms with van der Waals surface area (Å²) in [6.45, 7) is 7.04. The number of aromatic nitrogens is 2. The molecular weight excluding hydrogens is 403 g/mol. The molecule has 1 amide bonds. The molecule has 0 saturated carbocycles. The van der Waals surface area contributed by atoms with Gasteiger partial charge in [-0.1, -0.05) is 29.8 Å². The molecule has 1 aromatic carbocycles. The van der Waals surface area contributed by atoms with Crippen molar-refractivity contribution in [1.29, 1.82) is 0 Å². The van der Waals surface area contributed by atoms with E-state index in [4.69, 9.17) is 11.6 Å². The summed E-state index contributed by atoms with van der Waals surface area (Å²) in [6, 6.07) is 10.1. The van der Waals surface area contributed by atoms with Crippen LogP contribution in [0.5, 0.6) is 0 Å². The molecule has 2 aromatic heterocycles. The molecule has 144 valence electrons. The van der Waals surface area contributed by atoms with Gasteiger partial charge in [0.2, 0.25) is 0 Å². The van der Waals surface area contributed by atoms with Crippen LogP contribution in [0.25, 0.3) is 10.2 Å². The first-order chi connectivity index (χ1) is 12.5. The standard InChI is InChI=1S/C19H21ClN4OS.ClH/c1-12-10-23(8-7-21-12)18(25)17-9-15-13(2)22-24(19(15)26-17)11-14-5-3-4-6-16(14)20;/h3-6,9,12,21H,7-8,10-11H2,1-2H3;1H. The lowest BCUT2D eigenvalue weighted by Crippen LogP contribution is -2.51. The number of fused-ring (bicyclic) bond motifs is 1. The number of rotatable bonds is 3. The number of amides is 1. The maximum Gasteiger partial charge on any atom is 0.264 e. The lowest BCUT2D eigenvalue weighted by atomic mass is 10.2. The van der Waals surface area contributed by atoms with Crippen molar-refractivity contribution in [2.24, 2.45) is 0 Å². The van der Waals surface area contributed by atoms with Crippen LogP contribution in [-0.2, 0) is 6.54 Å². The maximum atomic E-state index is 12.9. The summed E-state index contributed by atoms with van der Waals surface area (Å²) in [5.41, 5.74) is 1.96. The first kappa shape index (κ1) is 20.1. The van der Waals surface area contributed by atoms with Crippen LogP contribution in [-0.4, -0.2) is 46.3 Å². The van der Waals surface area contributed by atoms with Gasteiger partial charge in [-0.2, -0.15) is 5.10 Å². The SMILES string of the molecule is Cc1nn(Cc2ccccc2Cl)c2sc(C(=O)N3CCNC(C)C3)cc12.Cl. The zero-order chi connectivity index (χ0) is 18.3. The number of thiophene rings is 1. The molecule has 4 rings (SSSR count). The van der Waals surface area contributed by atoms with E-state index in [0.29, 0.717) is 12.6 Å². The Hall–Kier alpha value is -1.60. The Bertz CT molecular complexity index is 968. The van der Waals surface area contributed by atoms with E-state index < -0.39 is 0 Å². The molecule has 1 atom stereocenters. The number of hydrogen-bond acceptors (Lipinski definition) is 4. The summed E-state index contributed by atoms with van der Waals surface area (Å²) < 4.78 is 1.95. The third-order valence-electron chi connectivity index (χ3n) is 4.75. The maximum absolute atomic E-state index is 12.9. The molecule has 5 nitrogen and oxygen atoms in total. The fourth-order valence-corrected chi connectivity index (χ4v) is 4.71. The molecule has 1 fully saturated rings. The van der Waals surface area contributed by atoms with Crippen molar-refractivity contribution in [1.82, 2.24) is 20.0 Å². The van der Waals surface area contributed by atoms with E-state index in [1.54, 1.807) is 0 Å². The van der Waals surface area contributed by atoms with E-state index in [9.17, 15) is 4.79 Å². The zero-order valence-corrected chi connectivity index (χ0v) is 17.6. The van der Waals surface area contributed by atoms with Gasteiger partial charge < -0.3 is 10.2 Å². The van der Waals surface area contributed by atoms with Crippen molar-refractivity contribution in [2.45, 2.75) is 26.4 Å². The zero-order valence-electron chi connectivity index (χ0n) is 15.2. The van der Waals surface area contributed by atoms with Crippen LogP contribution in [0.2, 0.25) is 5.02 Å². The molecule has 3 heterocycles. The predicted octanol–water partition coefficient (Wildman–Crippen LogP) is 3.96. The van der Waals surface area contributed by atoms with Crippen molar-refractivity contribution in [3.63, 3.8) is 0 Å². The van der Waals surface area contributed by atoms with Crippen molar-refractivity contribution >= 4 is 51.5 Å². The molecule has 1 aliphatic heterocycles. The molecule has 1 aliphatic rings. The predicted molar refractivity (Wildman–Crippen MR) is 114 cm³/mol. The van der Waals surface area contributed by atoms with E-state index in [1.807, 2.05) is 46.8 Å². The second-order valence-electron chi connectivity index (χ2n) is 6.77. The van der Waals surface area contributed by atoms with Crippen LogP contribution in [0.4, 0.5) is 0 Å². The van der Waals surface area contributed by atoms with Crippen molar-refractivity contribution in [3.8, 4) is 0 Å². The largest absolute Gasteiger partial charge is 0.335 e. The molecule has 0 radical (unpaired) electrons. The summed E-state index contributed by atoms with van der Waals surface area (Å²) in [5.74, 6) is 0.114. The van der Waals surface area contributed by atoms with E-state index in [-0.39, 0.29) is 18.3 Å². The highest BCUT2D eigenvalue weighted by Gasteiger charge is 2.24. The summed E-state index contributed by atoms with van der Waals surface area (Å²) in [6.07, 6.45) is 0. The Kier molecular flexibility index (Phi) is 6.11. The molecule has 0 spiro atoms. The summed E-state index contributed by atoms with van der Waals surface area (Å²) in [4.78, 5) is 16.6. The van der Waals surface area contributed by atoms with Gasteiger partial charge in [0.1, 0.15) is 4.83 Å². The van der Waals surface area contributed by atoms with Crippen molar-refractivity contribution in [2.75, 3.05) is 19.6 Å². The van der Waals surface area contributed by atoms with Crippen LogP contribution in [0, 0.1) is 6.92 Å². The molecule has 1 unspecified atom stereocenters. The second kappa shape index (κ2) is 8.19. The van der Waals surface area contributed by atoms with Crippen molar-refractivity contribution in [3.05, 3.63) is 51.5 Å². The lowest BCUT2D eigenvalue weighted by molar-refractivity contribution is 0.0714. The Balaban J connectivity index is 0.00000210. The minimum Gasteiger partial charge on any atom is -0.335 e. The first-order valence-electron chi connectivity index (χ1n) is 8.76. The molecule has 1 N–H and O–H groups in total. The second-order valence-corrected chi connectivity index (χ2v) is 8.21. The summed E-state index contributed by atoms with van der Waals surface area (Å²) in [7, 11) is 0. The number of nitrogens with zero attached hydrogens (tertiary/aromatic N) is 3. The molecule has 0 bridgehead atoms. The van der Waals surface area contributed by atoms with Gasteiger partial charge in [0.15, 0.2) is 0 Å². The fourth-order valence-electron chi connectivity index (χ4n) is 3.39. The number of carbonyl (C=O) groups excluding carboxylic acids is 1. The minimum absolute atomic E-state index is 0. The Morgan fingerprint density at radius 2 is 2.19 bits per heavy atom. The van der Waals surface area contributed by atoms with Gasteiger partial charge in [-0.25, -0.2) is 0 Å². The average molecular weight is 425 g/mol. The summed E-state index contributed by atoms with van der Waals surface area (Å²) in [5, 5.41) is 9.80. The van der Waals surface area contributed by atoms with Gasteiger partial charge in [-0.15, -0.1) is 23.7 Å². The number of nitrogens with one attached hydrogen (secondary N) is 1. The molecule has 0 aliphatic carbocycles. The van der Waals surface area contributed by atoms with Crippen LogP contribution >= 0.6 is 35.3 Å². The third-order valence-corrected chi connectivity index (χ3v) is 6.26. The molecule has 27 heavy (non-hydrogen) atoms. The molecule has 3 aromatic rings. The highest BCUT2D eigenvalue weighted by Crippen LogP contribution is 2.30. The summed E-state index contributed by atoms with van der Waals surface area (Å²) >= 11 is 7.82. The van der Waals surface area contributed by atoms with E-state index >= 15 is 0 Å². The van der Waals surface area contributed by atoms with Gasteiger partial charge in [-0.05, 0) is 31.5 Å². The Morgan fingerprint density at radius 3 is 2.93 bits per heavy atom. The van der Waals surface area contributed by atoms with Crippen LogP contribution < -0.4 is 5.32 Å². The number of halogens is 2. The lowest BCUT2D eigenvalue weighted by Gasteiger charge is -2.31. The van der Waals surface area contributed by atoms with Gasteiger partial charge in [0, 0.05) is 36.1 Å². The topological polar surface area (TPSA) is 50.2 Å². The number of carbonyl (C=O) groups is 1. The smallest absolute Gasteiger partial charge is 0.264 e. The molecular formula is C19H22Cl2N4OS. The number of benzene rings is 1. The molecule has 8 heteroatoms. The van der Waals surface area contributed by atoms with Gasteiger partial charge in [0.05, 0.1) is 17.1 Å². The third kappa shape index (κ3) is 3.99. The van der Waals surface area contributed by atoms with Gasteiger partial charge in [-0.3, -0.25) is 9.48 Å². The first-order valence-corrected chi connectivity index (χ1v) is 9.95. The fraction of sp³-hybridized carbons (Fsp3) is 0.368.